The van der Waals surface area contributed by atoms with Crippen molar-refractivity contribution in [2.75, 3.05) is 5.75 Å². The Kier molecular flexibility index (Phi) is 8.44. The second-order valence-corrected chi connectivity index (χ2v) is 5.45. The molecule has 0 heterocycles. The largest absolute Gasteiger partial charge is 0.480 e. The van der Waals surface area contributed by atoms with E-state index in [-0.39, 0.29) is 11.7 Å². The number of carboxylic acids is 1. The van der Waals surface area contributed by atoms with E-state index in [0.717, 1.165) is 0 Å². The highest BCUT2D eigenvalue weighted by molar-refractivity contribution is 8.13. The van der Waals surface area contributed by atoms with Gasteiger partial charge in [0.15, 0.2) is 0 Å². The van der Waals surface area contributed by atoms with Gasteiger partial charge in [-0.1, -0.05) is 13.8 Å². The van der Waals surface area contributed by atoms with Gasteiger partial charge in [0, 0.05) is 25.5 Å². The molecule has 0 bridgehead atoms. The monoisotopic (exact) mass is 321 g/mol. The molecule has 0 saturated carbocycles. The van der Waals surface area contributed by atoms with Crippen LogP contribution in [0.25, 0.3) is 0 Å². The molecule has 0 aromatic heterocycles. The molecule has 0 aliphatic heterocycles. The first-order valence-electron chi connectivity index (χ1n) is 6.14. The van der Waals surface area contributed by atoms with Gasteiger partial charge in [-0.05, 0) is 11.8 Å². The molecule has 120 valence electrons. The number of amides is 1. The number of carbonyl (C=O) groups is 4. The third kappa shape index (κ3) is 8.90. The first kappa shape index (κ1) is 19.2. The molecule has 0 aromatic rings. The standard InChI is InChI=1S/C12H19NO7S/c1-6(2)11(19-8(4)15)20-12(18)21-5-9(10(16)17)13-7(3)14/h6,9,11H,5H2,1-4H3,(H,13,14)(H,16,17)/t9-,11+/m0/s1. The molecule has 1 amide bonds. The van der Waals surface area contributed by atoms with Gasteiger partial charge in [0.1, 0.15) is 6.04 Å². The van der Waals surface area contributed by atoms with Crippen molar-refractivity contribution in [1.29, 1.82) is 0 Å². The predicted molar refractivity (Wildman–Crippen MR) is 74.6 cm³/mol. The zero-order valence-electron chi connectivity index (χ0n) is 12.2. The molecule has 0 unspecified atom stereocenters. The van der Waals surface area contributed by atoms with Crippen LogP contribution < -0.4 is 5.32 Å². The quantitative estimate of drug-likeness (QED) is 0.526. The van der Waals surface area contributed by atoms with E-state index < -0.39 is 35.5 Å². The highest BCUT2D eigenvalue weighted by Gasteiger charge is 2.24. The lowest BCUT2D eigenvalue weighted by Crippen LogP contribution is -2.41. The molecule has 0 saturated heterocycles. The second kappa shape index (κ2) is 9.22. The molecule has 2 N–H and O–H groups in total. The number of esters is 1. The van der Waals surface area contributed by atoms with E-state index in [9.17, 15) is 19.2 Å². The smallest absolute Gasteiger partial charge is 0.370 e. The van der Waals surface area contributed by atoms with Gasteiger partial charge in [-0.2, -0.15) is 0 Å². The minimum Gasteiger partial charge on any atom is -0.480 e. The summed E-state index contributed by atoms with van der Waals surface area (Å²) in [6.45, 7) is 5.76. The van der Waals surface area contributed by atoms with Crippen LogP contribution in [0.4, 0.5) is 4.79 Å². The van der Waals surface area contributed by atoms with E-state index in [2.05, 4.69) is 5.32 Å². The lowest BCUT2D eigenvalue weighted by Gasteiger charge is -2.20. The molecule has 0 aliphatic rings. The van der Waals surface area contributed by atoms with Gasteiger partial charge in [0.25, 0.3) is 6.29 Å². The maximum Gasteiger partial charge on any atom is 0.370 e. The Balaban J connectivity index is 4.42. The number of carbonyl (C=O) groups excluding carboxylic acids is 3. The fraction of sp³-hybridized carbons (Fsp3) is 0.667. The molecular weight excluding hydrogens is 302 g/mol. The van der Waals surface area contributed by atoms with Gasteiger partial charge in [0.2, 0.25) is 5.91 Å². The average molecular weight is 321 g/mol. The number of thioether (sulfide) groups is 1. The van der Waals surface area contributed by atoms with Crippen molar-refractivity contribution < 1.29 is 33.8 Å². The topological polar surface area (TPSA) is 119 Å². The fourth-order valence-electron chi connectivity index (χ4n) is 1.16. The van der Waals surface area contributed by atoms with Gasteiger partial charge in [-0.15, -0.1) is 0 Å². The van der Waals surface area contributed by atoms with Crippen LogP contribution in [0.2, 0.25) is 0 Å². The Morgan fingerprint density at radius 2 is 1.71 bits per heavy atom. The highest BCUT2D eigenvalue weighted by Crippen LogP contribution is 2.15. The number of carboxylic acid groups (broad SMARTS) is 1. The van der Waals surface area contributed by atoms with Crippen molar-refractivity contribution in [3.8, 4) is 0 Å². The average Bonchev–Trinajstić information content (AvgIpc) is 2.32. The van der Waals surface area contributed by atoms with E-state index in [1.807, 2.05) is 0 Å². The lowest BCUT2D eigenvalue weighted by molar-refractivity contribution is -0.170. The van der Waals surface area contributed by atoms with Crippen molar-refractivity contribution in [3.63, 3.8) is 0 Å². The Morgan fingerprint density at radius 1 is 1.14 bits per heavy atom. The summed E-state index contributed by atoms with van der Waals surface area (Å²) in [6.07, 6.45) is -1.04. The SMILES string of the molecule is CC(=O)N[C@@H](CSC(=O)O[C@@H](OC(C)=O)C(C)C)C(=O)O. The number of aliphatic carboxylic acids is 1. The van der Waals surface area contributed by atoms with E-state index in [4.69, 9.17) is 14.6 Å². The van der Waals surface area contributed by atoms with Crippen molar-refractivity contribution >= 4 is 34.9 Å². The second-order valence-electron chi connectivity index (χ2n) is 4.49. The molecule has 0 fully saturated rings. The third-order valence-electron chi connectivity index (χ3n) is 2.08. The van der Waals surface area contributed by atoms with Crippen LogP contribution in [0.1, 0.15) is 27.7 Å². The normalized spacial score (nSPS) is 13.2. The Morgan fingerprint density at radius 3 is 2.10 bits per heavy atom. The van der Waals surface area contributed by atoms with Crippen molar-refractivity contribution in [1.82, 2.24) is 5.32 Å². The molecule has 0 aromatic carbocycles. The molecular formula is C12H19NO7S. The number of nitrogens with one attached hydrogen (secondary N) is 1. The molecule has 9 heteroatoms. The minimum absolute atomic E-state index is 0.196. The Labute approximate surface area is 126 Å². The summed E-state index contributed by atoms with van der Waals surface area (Å²) in [5.74, 6) is -2.81. The minimum atomic E-state index is -1.26. The number of rotatable bonds is 7. The molecule has 0 spiro atoms. The molecule has 0 radical (unpaired) electrons. The maximum atomic E-state index is 11.6. The first-order valence-corrected chi connectivity index (χ1v) is 7.12. The van der Waals surface area contributed by atoms with Crippen LogP contribution in [0.5, 0.6) is 0 Å². The summed E-state index contributed by atoms with van der Waals surface area (Å²) < 4.78 is 9.75. The molecule has 0 rings (SSSR count). The summed E-state index contributed by atoms with van der Waals surface area (Å²) in [5.41, 5.74) is 0. The zero-order chi connectivity index (χ0) is 16.6. The van der Waals surface area contributed by atoms with Crippen LogP contribution >= 0.6 is 11.8 Å². The van der Waals surface area contributed by atoms with Gasteiger partial charge in [0.05, 0.1) is 0 Å². The van der Waals surface area contributed by atoms with Crippen molar-refractivity contribution in [2.24, 2.45) is 5.92 Å². The van der Waals surface area contributed by atoms with Gasteiger partial charge in [-0.25, -0.2) is 9.59 Å². The summed E-state index contributed by atoms with van der Waals surface area (Å²) in [5, 5.41) is 10.3. The van der Waals surface area contributed by atoms with Crippen LogP contribution in [-0.2, 0) is 23.9 Å². The predicted octanol–water partition coefficient (Wildman–Crippen LogP) is 0.991. The summed E-state index contributed by atoms with van der Waals surface area (Å²) in [4.78, 5) is 44.2. The third-order valence-corrected chi connectivity index (χ3v) is 2.91. The summed E-state index contributed by atoms with van der Waals surface area (Å²) >= 11 is 0.580. The number of hydrogen-bond acceptors (Lipinski definition) is 7. The fourth-order valence-corrected chi connectivity index (χ4v) is 1.85. The first-order chi connectivity index (χ1) is 9.63. The summed E-state index contributed by atoms with van der Waals surface area (Å²) in [6, 6.07) is -1.20. The molecule has 0 aliphatic carbocycles. The van der Waals surface area contributed by atoms with Gasteiger partial charge < -0.3 is 19.9 Å². The maximum absolute atomic E-state index is 11.6. The van der Waals surface area contributed by atoms with E-state index in [1.165, 1.54) is 13.8 Å². The Bertz CT molecular complexity index is 410. The van der Waals surface area contributed by atoms with Crippen molar-refractivity contribution in [3.05, 3.63) is 0 Å². The zero-order valence-corrected chi connectivity index (χ0v) is 13.1. The van der Waals surface area contributed by atoms with Crippen LogP contribution in [0.3, 0.4) is 0 Å². The highest BCUT2D eigenvalue weighted by atomic mass is 32.2. The number of hydrogen-bond donors (Lipinski definition) is 2. The van der Waals surface area contributed by atoms with E-state index in [0.29, 0.717) is 11.8 Å². The molecule has 8 nitrogen and oxygen atoms in total. The molecule has 2 atom stereocenters. The number of ether oxygens (including phenoxy) is 2. The Hall–Kier alpha value is -1.77. The van der Waals surface area contributed by atoms with Crippen LogP contribution in [0.15, 0.2) is 0 Å². The van der Waals surface area contributed by atoms with E-state index in [1.54, 1.807) is 13.8 Å². The van der Waals surface area contributed by atoms with Gasteiger partial charge >= 0.3 is 17.2 Å². The van der Waals surface area contributed by atoms with Crippen LogP contribution in [0, 0.1) is 5.92 Å². The van der Waals surface area contributed by atoms with E-state index >= 15 is 0 Å². The molecule has 21 heavy (non-hydrogen) atoms. The van der Waals surface area contributed by atoms with Crippen molar-refractivity contribution in [2.45, 2.75) is 40.0 Å². The van der Waals surface area contributed by atoms with Gasteiger partial charge in [-0.3, -0.25) is 9.59 Å². The summed E-state index contributed by atoms with van der Waals surface area (Å²) in [7, 11) is 0. The van der Waals surface area contributed by atoms with Crippen LogP contribution in [-0.4, -0.2) is 46.3 Å². The lowest BCUT2D eigenvalue weighted by atomic mass is 10.2.